The van der Waals surface area contributed by atoms with Crippen LogP contribution in [0.4, 0.5) is 0 Å². The van der Waals surface area contributed by atoms with Gasteiger partial charge in [0.25, 0.3) is 0 Å². The maximum Gasteiger partial charge on any atom is 0.242 e. The van der Waals surface area contributed by atoms with Gasteiger partial charge < -0.3 is 9.80 Å². The van der Waals surface area contributed by atoms with Crippen LogP contribution in [-0.4, -0.2) is 66.0 Å². The summed E-state index contributed by atoms with van der Waals surface area (Å²) in [6, 6.07) is 14.0. The molecule has 208 valence electrons. The van der Waals surface area contributed by atoms with Crippen LogP contribution in [0.1, 0.15) is 40.2 Å². The molecule has 2 amide bonds. The summed E-state index contributed by atoms with van der Waals surface area (Å²) < 4.78 is 4.47. The van der Waals surface area contributed by atoms with E-state index in [1.807, 2.05) is 23.7 Å². The second-order valence-electron chi connectivity index (χ2n) is 10.2. The number of aryl methyl sites for hydroxylation is 2. The standard InChI is InChI=1S/C29H31BrClN7O2/c1-19-4-6-22(7-5-19)15-37-21(3)25(20(2)33-37)9-11-28(39)36-13-12-35(29(40)18-36)16-24-17-38(34-32-24)27-10-8-23(30)14-26(27)31/h4-8,10,14,17H,9,11-13,15-16,18H2,1-3H3. The highest BCUT2D eigenvalue weighted by atomic mass is 79.9. The first kappa shape index (κ1) is 28.0. The number of halogens is 2. The molecule has 2 aromatic carbocycles. The van der Waals surface area contributed by atoms with Gasteiger partial charge in [0.05, 0.1) is 42.2 Å². The summed E-state index contributed by atoms with van der Waals surface area (Å²) in [7, 11) is 0. The number of carbonyl (C=O) groups excluding carboxylic acids is 2. The third-order valence-corrected chi connectivity index (χ3v) is 8.09. The lowest BCUT2D eigenvalue weighted by Crippen LogP contribution is -2.51. The molecular weight excluding hydrogens is 594 g/mol. The zero-order chi connectivity index (χ0) is 28.4. The minimum absolute atomic E-state index is 0.0195. The van der Waals surface area contributed by atoms with E-state index < -0.39 is 0 Å². The van der Waals surface area contributed by atoms with Gasteiger partial charge in [-0.25, -0.2) is 4.68 Å². The van der Waals surface area contributed by atoms with E-state index >= 15 is 0 Å². The molecule has 0 saturated carbocycles. The van der Waals surface area contributed by atoms with E-state index in [0.29, 0.717) is 55.4 Å². The van der Waals surface area contributed by atoms with Crippen molar-refractivity contribution in [1.82, 2.24) is 34.6 Å². The van der Waals surface area contributed by atoms with Crippen LogP contribution >= 0.6 is 27.5 Å². The number of rotatable bonds is 8. The van der Waals surface area contributed by atoms with E-state index in [0.717, 1.165) is 21.4 Å². The van der Waals surface area contributed by atoms with E-state index in [9.17, 15) is 9.59 Å². The van der Waals surface area contributed by atoms with Crippen molar-refractivity contribution in [3.63, 3.8) is 0 Å². The van der Waals surface area contributed by atoms with Crippen molar-refractivity contribution in [3.8, 4) is 5.69 Å². The van der Waals surface area contributed by atoms with Crippen LogP contribution in [0.2, 0.25) is 5.02 Å². The fraction of sp³-hybridized carbons (Fsp3) is 0.345. The van der Waals surface area contributed by atoms with Crippen LogP contribution < -0.4 is 0 Å². The lowest BCUT2D eigenvalue weighted by Gasteiger charge is -2.34. The first-order chi connectivity index (χ1) is 19.2. The van der Waals surface area contributed by atoms with Gasteiger partial charge in [0.15, 0.2) is 0 Å². The van der Waals surface area contributed by atoms with Crippen LogP contribution in [0.25, 0.3) is 5.69 Å². The minimum Gasteiger partial charge on any atom is -0.333 e. The second-order valence-corrected chi connectivity index (χ2v) is 11.5. The second kappa shape index (κ2) is 11.9. The number of hydrogen-bond donors (Lipinski definition) is 0. The lowest BCUT2D eigenvalue weighted by atomic mass is 10.1. The highest BCUT2D eigenvalue weighted by Gasteiger charge is 2.28. The Morgan fingerprint density at radius 1 is 1.05 bits per heavy atom. The molecule has 0 atom stereocenters. The van der Waals surface area contributed by atoms with Gasteiger partial charge in [-0.05, 0) is 56.5 Å². The number of piperazine rings is 1. The lowest BCUT2D eigenvalue weighted by molar-refractivity contribution is -0.145. The Hall–Kier alpha value is -3.50. The molecule has 4 aromatic rings. The number of benzene rings is 2. The SMILES string of the molecule is Cc1ccc(Cn2nc(C)c(CCC(=O)N3CCN(Cc4cn(-c5ccc(Br)cc5Cl)nn4)C(=O)C3)c2C)cc1. The average molecular weight is 625 g/mol. The quantitative estimate of drug-likeness (QED) is 0.285. The summed E-state index contributed by atoms with van der Waals surface area (Å²) in [4.78, 5) is 29.3. The maximum absolute atomic E-state index is 13.0. The third kappa shape index (κ3) is 6.28. The molecule has 1 fully saturated rings. The van der Waals surface area contributed by atoms with E-state index in [2.05, 4.69) is 64.4 Å². The molecule has 1 aliphatic heterocycles. The Balaban J connectivity index is 1.14. The van der Waals surface area contributed by atoms with Crippen molar-refractivity contribution >= 4 is 39.3 Å². The van der Waals surface area contributed by atoms with Crippen molar-refractivity contribution in [2.24, 2.45) is 0 Å². The Kier molecular flexibility index (Phi) is 8.37. The summed E-state index contributed by atoms with van der Waals surface area (Å²) in [5.74, 6) is -0.122. The largest absolute Gasteiger partial charge is 0.333 e. The number of aromatic nitrogens is 5. The Morgan fingerprint density at radius 3 is 2.55 bits per heavy atom. The molecule has 1 saturated heterocycles. The van der Waals surface area contributed by atoms with Gasteiger partial charge in [-0.3, -0.25) is 14.3 Å². The van der Waals surface area contributed by atoms with Gasteiger partial charge in [0, 0.05) is 29.7 Å². The molecule has 5 rings (SSSR count). The van der Waals surface area contributed by atoms with Gasteiger partial charge in [-0.15, -0.1) is 5.10 Å². The Labute approximate surface area is 246 Å². The molecule has 11 heteroatoms. The van der Waals surface area contributed by atoms with Crippen LogP contribution in [0.3, 0.4) is 0 Å². The molecule has 0 unspecified atom stereocenters. The summed E-state index contributed by atoms with van der Waals surface area (Å²) in [5.41, 5.74) is 6.89. The zero-order valence-electron chi connectivity index (χ0n) is 22.8. The average Bonchev–Trinajstić information content (AvgIpc) is 3.48. The number of amides is 2. The van der Waals surface area contributed by atoms with Gasteiger partial charge in [0.1, 0.15) is 5.69 Å². The van der Waals surface area contributed by atoms with E-state index in [-0.39, 0.29) is 18.4 Å². The first-order valence-corrected chi connectivity index (χ1v) is 14.4. The molecular formula is C29H31BrClN7O2. The molecule has 3 heterocycles. The van der Waals surface area contributed by atoms with Crippen molar-refractivity contribution < 1.29 is 9.59 Å². The van der Waals surface area contributed by atoms with Crippen molar-refractivity contribution in [2.45, 2.75) is 46.7 Å². The third-order valence-electron chi connectivity index (χ3n) is 7.29. The van der Waals surface area contributed by atoms with Crippen molar-refractivity contribution in [3.05, 3.63) is 91.9 Å². The highest BCUT2D eigenvalue weighted by molar-refractivity contribution is 9.10. The van der Waals surface area contributed by atoms with Gasteiger partial charge in [0.2, 0.25) is 11.8 Å². The van der Waals surface area contributed by atoms with Gasteiger partial charge in [-0.2, -0.15) is 5.10 Å². The molecule has 0 N–H and O–H groups in total. The predicted octanol–water partition coefficient (Wildman–Crippen LogP) is 4.66. The fourth-order valence-electron chi connectivity index (χ4n) is 4.95. The van der Waals surface area contributed by atoms with Gasteiger partial charge >= 0.3 is 0 Å². The zero-order valence-corrected chi connectivity index (χ0v) is 25.1. The summed E-state index contributed by atoms with van der Waals surface area (Å²) in [6.45, 7) is 8.14. The molecule has 2 aromatic heterocycles. The minimum atomic E-state index is -0.103. The molecule has 0 radical (unpaired) electrons. The van der Waals surface area contributed by atoms with Crippen molar-refractivity contribution in [1.29, 1.82) is 0 Å². The van der Waals surface area contributed by atoms with Crippen LogP contribution in [0.15, 0.2) is 53.1 Å². The molecule has 40 heavy (non-hydrogen) atoms. The number of hydrogen-bond acceptors (Lipinski definition) is 5. The fourth-order valence-corrected chi connectivity index (χ4v) is 5.71. The van der Waals surface area contributed by atoms with Crippen LogP contribution in [-0.2, 0) is 29.1 Å². The Morgan fingerprint density at radius 2 is 1.82 bits per heavy atom. The van der Waals surface area contributed by atoms with Crippen LogP contribution in [0, 0.1) is 20.8 Å². The highest BCUT2D eigenvalue weighted by Crippen LogP contribution is 2.24. The topological polar surface area (TPSA) is 89.2 Å². The number of nitrogens with zero attached hydrogens (tertiary/aromatic N) is 7. The number of carbonyl (C=O) groups is 2. The summed E-state index contributed by atoms with van der Waals surface area (Å²) >= 11 is 9.73. The van der Waals surface area contributed by atoms with Crippen molar-refractivity contribution in [2.75, 3.05) is 19.6 Å². The first-order valence-electron chi connectivity index (χ1n) is 13.2. The van der Waals surface area contributed by atoms with E-state index in [4.69, 9.17) is 16.7 Å². The molecule has 0 bridgehead atoms. The monoisotopic (exact) mass is 623 g/mol. The maximum atomic E-state index is 13.0. The predicted molar refractivity (Wildman–Crippen MR) is 156 cm³/mol. The Bertz CT molecular complexity index is 1550. The normalized spacial score (nSPS) is 13.8. The van der Waals surface area contributed by atoms with Gasteiger partial charge in [-0.1, -0.05) is 62.6 Å². The van der Waals surface area contributed by atoms with E-state index in [1.54, 1.807) is 26.7 Å². The summed E-state index contributed by atoms with van der Waals surface area (Å²) in [6.07, 6.45) is 2.71. The molecule has 0 aliphatic carbocycles. The molecule has 0 spiro atoms. The van der Waals surface area contributed by atoms with Crippen LogP contribution in [0.5, 0.6) is 0 Å². The molecule has 1 aliphatic rings. The summed E-state index contributed by atoms with van der Waals surface area (Å²) in [5, 5.41) is 13.6. The molecule has 9 nitrogen and oxygen atoms in total. The van der Waals surface area contributed by atoms with E-state index in [1.165, 1.54) is 11.1 Å². The smallest absolute Gasteiger partial charge is 0.242 e.